The summed E-state index contributed by atoms with van der Waals surface area (Å²) in [6.07, 6.45) is 0.627. The van der Waals surface area contributed by atoms with E-state index in [1.54, 1.807) is 36.4 Å². The number of hydrogen-bond donors (Lipinski definition) is 2. The summed E-state index contributed by atoms with van der Waals surface area (Å²) in [5.74, 6) is -0.228. The summed E-state index contributed by atoms with van der Waals surface area (Å²) in [5.41, 5.74) is 1.99. The summed E-state index contributed by atoms with van der Waals surface area (Å²) in [4.78, 5) is 24.1. The van der Waals surface area contributed by atoms with Crippen LogP contribution in [-0.2, 0) is 6.42 Å². The first-order valence-electron chi connectivity index (χ1n) is 8.36. The molecule has 0 unspecified atom stereocenters. The van der Waals surface area contributed by atoms with Gasteiger partial charge in [-0.2, -0.15) is 0 Å². The van der Waals surface area contributed by atoms with E-state index in [9.17, 15) is 14.0 Å². The lowest BCUT2D eigenvalue weighted by Gasteiger charge is -2.09. The molecule has 0 heterocycles. The molecule has 0 radical (unpaired) electrons. The van der Waals surface area contributed by atoms with Crippen LogP contribution in [-0.4, -0.2) is 24.9 Å². The zero-order chi connectivity index (χ0) is 18.2. The van der Waals surface area contributed by atoms with Gasteiger partial charge in [0.05, 0.1) is 0 Å². The van der Waals surface area contributed by atoms with E-state index in [2.05, 4.69) is 10.6 Å². The Labute approximate surface area is 147 Å². The first-order chi connectivity index (χ1) is 12.0. The van der Waals surface area contributed by atoms with E-state index in [4.69, 9.17) is 0 Å². The number of rotatable bonds is 7. The predicted octanol–water partition coefficient (Wildman–Crippen LogP) is 3.18. The molecule has 132 valence electrons. The van der Waals surface area contributed by atoms with Gasteiger partial charge in [0, 0.05) is 24.2 Å². The smallest absolute Gasteiger partial charge is 0.251 e. The van der Waals surface area contributed by atoms with Gasteiger partial charge in [0.1, 0.15) is 5.82 Å². The highest BCUT2D eigenvalue weighted by Crippen LogP contribution is 2.06. The Morgan fingerprint density at radius 1 is 0.880 bits per heavy atom. The molecule has 5 heteroatoms. The SMILES string of the molecule is CC(C)CNC(=O)c1ccc(C(=O)NCCc2ccc(F)cc2)cc1. The molecular weight excluding hydrogens is 319 g/mol. The van der Waals surface area contributed by atoms with Gasteiger partial charge >= 0.3 is 0 Å². The first-order valence-corrected chi connectivity index (χ1v) is 8.36. The molecule has 0 aliphatic heterocycles. The Balaban J connectivity index is 1.83. The van der Waals surface area contributed by atoms with Gasteiger partial charge < -0.3 is 10.6 Å². The third kappa shape index (κ3) is 6.03. The molecule has 0 bridgehead atoms. The van der Waals surface area contributed by atoms with Gasteiger partial charge in [-0.15, -0.1) is 0 Å². The standard InChI is InChI=1S/C20H23FN2O2/c1-14(2)13-23-20(25)17-7-5-16(6-8-17)19(24)22-12-11-15-3-9-18(21)10-4-15/h3-10,14H,11-13H2,1-2H3,(H,22,24)(H,23,25). The third-order valence-corrected chi connectivity index (χ3v) is 3.69. The van der Waals surface area contributed by atoms with Crippen molar-refractivity contribution >= 4 is 11.8 Å². The van der Waals surface area contributed by atoms with Crippen LogP contribution in [0.4, 0.5) is 4.39 Å². The fraction of sp³-hybridized carbons (Fsp3) is 0.300. The second kappa shape index (κ2) is 8.97. The summed E-state index contributed by atoms with van der Waals surface area (Å²) in [7, 11) is 0. The van der Waals surface area contributed by atoms with Crippen LogP contribution in [0.5, 0.6) is 0 Å². The van der Waals surface area contributed by atoms with Crippen LogP contribution in [0, 0.1) is 11.7 Å². The fourth-order valence-corrected chi connectivity index (χ4v) is 2.25. The number of benzene rings is 2. The van der Waals surface area contributed by atoms with Crippen molar-refractivity contribution in [3.63, 3.8) is 0 Å². The maximum absolute atomic E-state index is 12.8. The molecule has 2 rings (SSSR count). The van der Waals surface area contributed by atoms with E-state index in [1.165, 1.54) is 12.1 Å². The third-order valence-electron chi connectivity index (χ3n) is 3.69. The summed E-state index contributed by atoms with van der Waals surface area (Å²) in [6, 6.07) is 12.8. The van der Waals surface area contributed by atoms with Gasteiger partial charge in [-0.05, 0) is 54.3 Å². The van der Waals surface area contributed by atoms with Crippen molar-refractivity contribution in [2.75, 3.05) is 13.1 Å². The molecule has 25 heavy (non-hydrogen) atoms. The van der Waals surface area contributed by atoms with Crippen LogP contribution in [0.2, 0.25) is 0 Å². The number of carbonyl (C=O) groups excluding carboxylic acids is 2. The highest BCUT2D eigenvalue weighted by Gasteiger charge is 2.09. The van der Waals surface area contributed by atoms with Crippen LogP contribution in [0.1, 0.15) is 40.1 Å². The van der Waals surface area contributed by atoms with E-state index in [0.717, 1.165) is 5.56 Å². The summed E-state index contributed by atoms with van der Waals surface area (Å²) in [5, 5.41) is 5.65. The topological polar surface area (TPSA) is 58.2 Å². The number of halogens is 1. The number of hydrogen-bond acceptors (Lipinski definition) is 2. The molecule has 2 aromatic carbocycles. The molecule has 0 spiro atoms. The van der Waals surface area contributed by atoms with Crippen molar-refractivity contribution in [1.29, 1.82) is 0 Å². The zero-order valence-electron chi connectivity index (χ0n) is 14.5. The van der Waals surface area contributed by atoms with E-state index in [-0.39, 0.29) is 17.6 Å². The van der Waals surface area contributed by atoms with Gasteiger partial charge in [0.2, 0.25) is 0 Å². The Hall–Kier alpha value is -2.69. The van der Waals surface area contributed by atoms with Crippen LogP contribution in [0.25, 0.3) is 0 Å². The molecule has 2 aromatic rings. The van der Waals surface area contributed by atoms with Gasteiger partial charge in [-0.1, -0.05) is 26.0 Å². The number of nitrogens with one attached hydrogen (secondary N) is 2. The Bertz CT molecular complexity index is 709. The molecule has 0 aliphatic carbocycles. The van der Waals surface area contributed by atoms with Crippen molar-refractivity contribution in [2.45, 2.75) is 20.3 Å². The second-order valence-electron chi connectivity index (χ2n) is 6.31. The maximum atomic E-state index is 12.8. The highest BCUT2D eigenvalue weighted by atomic mass is 19.1. The van der Waals surface area contributed by atoms with Crippen molar-refractivity contribution < 1.29 is 14.0 Å². The summed E-state index contributed by atoms with van der Waals surface area (Å²) >= 11 is 0. The molecule has 0 saturated carbocycles. The maximum Gasteiger partial charge on any atom is 0.251 e. The van der Waals surface area contributed by atoms with Crippen LogP contribution >= 0.6 is 0 Å². The molecule has 0 saturated heterocycles. The lowest BCUT2D eigenvalue weighted by molar-refractivity contribution is 0.0939. The largest absolute Gasteiger partial charge is 0.352 e. The molecule has 2 amide bonds. The first kappa shape index (κ1) is 18.6. The van der Waals surface area contributed by atoms with Crippen molar-refractivity contribution in [3.8, 4) is 0 Å². The molecule has 0 fully saturated rings. The molecule has 0 aromatic heterocycles. The van der Waals surface area contributed by atoms with Crippen LogP contribution in [0.15, 0.2) is 48.5 Å². The monoisotopic (exact) mass is 342 g/mol. The predicted molar refractivity (Wildman–Crippen MR) is 96.1 cm³/mol. The molecule has 4 nitrogen and oxygen atoms in total. The van der Waals surface area contributed by atoms with E-state index in [0.29, 0.717) is 36.6 Å². The van der Waals surface area contributed by atoms with Crippen molar-refractivity contribution in [1.82, 2.24) is 10.6 Å². The zero-order valence-corrected chi connectivity index (χ0v) is 14.5. The molecular formula is C20H23FN2O2. The van der Waals surface area contributed by atoms with Crippen LogP contribution in [0.3, 0.4) is 0 Å². The van der Waals surface area contributed by atoms with Crippen molar-refractivity contribution in [2.24, 2.45) is 5.92 Å². The molecule has 0 atom stereocenters. The number of amides is 2. The van der Waals surface area contributed by atoms with Gasteiger partial charge in [0.25, 0.3) is 11.8 Å². The van der Waals surface area contributed by atoms with Gasteiger partial charge in [-0.3, -0.25) is 9.59 Å². The molecule has 2 N–H and O–H groups in total. The normalized spacial score (nSPS) is 10.6. The Morgan fingerprint density at radius 2 is 1.40 bits per heavy atom. The Kier molecular flexibility index (Phi) is 6.69. The second-order valence-corrected chi connectivity index (χ2v) is 6.31. The van der Waals surface area contributed by atoms with Gasteiger partial charge in [0.15, 0.2) is 0 Å². The van der Waals surface area contributed by atoms with Crippen LogP contribution < -0.4 is 10.6 Å². The minimum atomic E-state index is -0.273. The minimum absolute atomic E-state index is 0.142. The average Bonchev–Trinajstić information content (AvgIpc) is 2.61. The minimum Gasteiger partial charge on any atom is -0.352 e. The van der Waals surface area contributed by atoms with E-state index in [1.807, 2.05) is 13.8 Å². The van der Waals surface area contributed by atoms with E-state index < -0.39 is 0 Å². The van der Waals surface area contributed by atoms with E-state index >= 15 is 0 Å². The number of carbonyl (C=O) groups is 2. The molecule has 0 aliphatic rings. The van der Waals surface area contributed by atoms with Crippen molar-refractivity contribution in [3.05, 3.63) is 71.0 Å². The fourth-order valence-electron chi connectivity index (χ4n) is 2.25. The lowest BCUT2D eigenvalue weighted by Crippen LogP contribution is -2.28. The summed E-state index contributed by atoms with van der Waals surface area (Å²) in [6.45, 7) is 5.13. The van der Waals surface area contributed by atoms with Gasteiger partial charge in [-0.25, -0.2) is 4.39 Å². The average molecular weight is 342 g/mol. The lowest BCUT2D eigenvalue weighted by atomic mass is 10.1. The summed E-state index contributed by atoms with van der Waals surface area (Å²) < 4.78 is 12.8. The highest BCUT2D eigenvalue weighted by molar-refractivity contribution is 5.97. The quantitative estimate of drug-likeness (QED) is 0.812. The Morgan fingerprint density at radius 3 is 1.92 bits per heavy atom.